The molecule has 1 aromatic heterocycles. The van der Waals surface area contributed by atoms with Crippen LogP contribution in [0.4, 0.5) is 0 Å². The number of carbonyl (C=O) groups excluding carboxylic acids is 1. The highest BCUT2D eigenvalue weighted by Gasteiger charge is 2.10. The lowest BCUT2D eigenvalue weighted by Crippen LogP contribution is -2.08. The van der Waals surface area contributed by atoms with E-state index in [9.17, 15) is 4.79 Å². The summed E-state index contributed by atoms with van der Waals surface area (Å²) in [6, 6.07) is 14.5. The maximum absolute atomic E-state index is 12.6. The van der Waals surface area contributed by atoms with Gasteiger partial charge in [0.25, 0.3) is 0 Å². The quantitative estimate of drug-likeness (QED) is 0.0877. The Bertz CT molecular complexity index is 1060. The minimum absolute atomic E-state index is 0.392. The Morgan fingerprint density at radius 3 is 1.79 bits per heavy atom. The van der Waals surface area contributed by atoms with Crippen molar-refractivity contribution in [3.8, 4) is 22.9 Å². The molecule has 5 nitrogen and oxygen atoms in total. The van der Waals surface area contributed by atoms with Gasteiger partial charge in [-0.05, 0) is 73.4 Å². The molecule has 0 saturated heterocycles. The van der Waals surface area contributed by atoms with Gasteiger partial charge in [-0.15, -0.1) is 0 Å². The summed E-state index contributed by atoms with van der Waals surface area (Å²) >= 11 is 0. The molecular weight excluding hydrogens is 484 g/mol. The molecule has 0 aliphatic heterocycles. The molecule has 0 radical (unpaired) electrons. The zero-order chi connectivity index (χ0) is 27.5. The van der Waals surface area contributed by atoms with Crippen molar-refractivity contribution >= 4 is 5.97 Å². The van der Waals surface area contributed by atoms with E-state index in [0.29, 0.717) is 23.7 Å². The summed E-state index contributed by atoms with van der Waals surface area (Å²) in [7, 11) is 0. The van der Waals surface area contributed by atoms with E-state index in [1.807, 2.05) is 36.7 Å². The van der Waals surface area contributed by atoms with Crippen molar-refractivity contribution in [2.45, 2.75) is 104 Å². The summed E-state index contributed by atoms with van der Waals surface area (Å²) in [5, 5.41) is 0. The first-order valence-electron chi connectivity index (χ1n) is 15.1. The van der Waals surface area contributed by atoms with Crippen LogP contribution in [0.25, 0.3) is 11.4 Å². The molecule has 3 aromatic rings. The van der Waals surface area contributed by atoms with Crippen molar-refractivity contribution in [3.63, 3.8) is 0 Å². The molecule has 0 fully saturated rings. The second kappa shape index (κ2) is 18.1. The minimum atomic E-state index is -0.392. The van der Waals surface area contributed by atoms with E-state index in [2.05, 4.69) is 23.8 Å². The number of ether oxygens (including phenoxy) is 2. The number of nitrogens with zero attached hydrogens (tertiary/aromatic N) is 2. The van der Waals surface area contributed by atoms with Gasteiger partial charge < -0.3 is 9.47 Å². The second-order valence-corrected chi connectivity index (χ2v) is 10.3. The van der Waals surface area contributed by atoms with Gasteiger partial charge in [0.1, 0.15) is 11.5 Å². The summed E-state index contributed by atoms with van der Waals surface area (Å²) < 4.78 is 11.4. The Kier molecular flexibility index (Phi) is 14.1. The third-order valence-electron chi connectivity index (χ3n) is 6.95. The number of hydrogen-bond acceptors (Lipinski definition) is 5. The smallest absolute Gasteiger partial charge is 0.343 e. The van der Waals surface area contributed by atoms with Crippen molar-refractivity contribution < 1.29 is 14.3 Å². The van der Waals surface area contributed by atoms with Crippen LogP contribution in [0.2, 0.25) is 0 Å². The Morgan fingerprint density at radius 1 is 0.641 bits per heavy atom. The molecule has 2 aromatic carbocycles. The van der Waals surface area contributed by atoms with Crippen molar-refractivity contribution in [1.29, 1.82) is 0 Å². The zero-order valence-electron chi connectivity index (χ0n) is 24.0. The number of esters is 1. The fourth-order valence-electron chi connectivity index (χ4n) is 4.52. The third-order valence-corrected chi connectivity index (χ3v) is 6.95. The van der Waals surface area contributed by atoms with Crippen LogP contribution < -0.4 is 9.47 Å². The number of carbonyl (C=O) groups is 1. The predicted molar refractivity (Wildman–Crippen MR) is 159 cm³/mol. The van der Waals surface area contributed by atoms with E-state index in [-0.39, 0.29) is 0 Å². The summed E-state index contributed by atoms with van der Waals surface area (Å²) in [4.78, 5) is 21.7. The van der Waals surface area contributed by atoms with Crippen LogP contribution >= 0.6 is 0 Å². The standard InChI is InChI=1S/C34H46N2O3/c1-3-5-7-9-11-12-14-16-28-26-35-33(36-27-28)29-17-23-32(24-18-29)39-34(37)30-19-21-31(22-20-30)38-25-15-13-10-8-6-4-2/h17-24,26-27H,3-16,25H2,1-2H3. The average Bonchev–Trinajstić information content (AvgIpc) is 2.97. The molecule has 0 bridgehead atoms. The zero-order valence-corrected chi connectivity index (χ0v) is 24.0. The van der Waals surface area contributed by atoms with E-state index in [4.69, 9.17) is 9.47 Å². The normalized spacial score (nSPS) is 10.9. The molecule has 0 saturated carbocycles. The van der Waals surface area contributed by atoms with Crippen LogP contribution in [-0.4, -0.2) is 22.5 Å². The Hall–Kier alpha value is -3.21. The lowest BCUT2D eigenvalue weighted by Gasteiger charge is -2.08. The van der Waals surface area contributed by atoms with Gasteiger partial charge in [-0.2, -0.15) is 0 Å². The van der Waals surface area contributed by atoms with E-state index < -0.39 is 5.97 Å². The van der Waals surface area contributed by atoms with Crippen LogP contribution in [0.3, 0.4) is 0 Å². The predicted octanol–water partition coefficient (Wildman–Crippen LogP) is 9.40. The molecule has 0 spiro atoms. The number of benzene rings is 2. The topological polar surface area (TPSA) is 61.3 Å². The molecule has 0 amide bonds. The number of aromatic nitrogens is 2. The van der Waals surface area contributed by atoms with Crippen LogP contribution in [0, 0.1) is 0 Å². The lowest BCUT2D eigenvalue weighted by atomic mass is 10.1. The van der Waals surface area contributed by atoms with E-state index in [0.717, 1.165) is 24.2 Å². The first-order valence-corrected chi connectivity index (χ1v) is 15.1. The number of aryl methyl sites for hydroxylation is 1. The molecule has 39 heavy (non-hydrogen) atoms. The molecule has 0 N–H and O–H groups in total. The van der Waals surface area contributed by atoms with Gasteiger partial charge in [-0.1, -0.05) is 84.5 Å². The summed E-state index contributed by atoms with van der Waals surface area (Å²) in [6.45, 7) is 5.18. The van der Waals surface area contributed by atoms with Crippen LogP contribution in [0.15, 0.2) is 60.9 Å². The summed E-state index contributed by atoms with van der Waals surface area (Å²) in [5.74, 6) is 1.55. The van der Waals surface area contributed by atoms with Gasteiger partial charge >= 0.3 is 5.97 Å². The van der Waals surface area contributed by atoms with Gasteiger partial charge in [0.2, 0.25) is 0 Å². The Labute approximate surface area is 235 Å². The van der Waals surface area contributed by atoms with Gasteiger partial charge in [0, 0.05) is 18.0 Å². The highest BCUT2D eigenvalue weighted by Crippen LogP contribution is 2.21. The van der Waals surface area contributed by atoms with Gasteiger partial charge in [-0.25, -0.2) is 14.8 Å². The van der Waals surface area contributed by atoms with Crippen molar-refractivity contribution in [3.05, 3.63) is 72.1 Å². The molecule has 0 aliphatic rings. The van der Waals surface area contributed by atoms with Gasteiger partial charge in [-0.3, -0.25) is 0 Å². The molecule has 5 heteroatoms. The van der Waals surface area contributed by atoms with E-state index >= 15 is 0 Å². The molecule has 1 heterocycles. The number of unbranched alkanes of at least 4 members (excludes halogenated alkanes) is 11. The number of hydrogen-bond donors (Lipinski definition) is 0. The third kappa shape index (κ3) is 11.6. The average molecular weight is 531 g/mol. The minimum Gasteiger partial charge on any atom is -0.494 e. The maximum atomic E-state index is 12.6. The lowest BCUT2D eigenvalue weighted by molar-refractivity contribution is 0.0734. The van der Waals surface area contributed by atoms with Crippen LogP contribution in [0.1, 0.15) is 113 Å². The Balaban J connectivity index is 1.39. The van der Waals surface area contributed by atoms with Crippen LogP contribution in [-0.2, 0) is 6.42 Å². The van der Waals surface area contributed by atoms with Crippen molar-refractivity contribution in [2.24, 2.45) is 0 Å². The monoisotopic (exact) mass is 530 g/mol. The van der Waals surface area contributed by atoms with Gasteiger partial charge in [0.05, 0.1) is 12.2 Å². The van der Waals surface area contributed by atoms with E-state index in [1.54, 1.807) is 24.3 Å². The molecular formula is C34H46N2O3. The SMILES string of the molecule is CCCCCCCCCc1cnc(-c2ccc(OC(=O)c3ccc(OCCCCCCCC)cc3)cc2)nc1. The maximum Gasteiger partial charge on any atom is 0.343 e. The largest absolute Gasteiger partial charge is 0.494 e. The molecule has 0 unspecified atom stereocenters. The highest BCUT2D eigenvalue weighted by molar-refractivity contribution is 5.91. The summed E-state index contributed by atoms with van der Waals surface area (Å²) in [5.41, 5.74) is 2.56. The van der Waals surface area contributed by atoms with Gasteiger partial charge in [0.15, 0.2) is 5.82 Å². The van der Waals surface area contributed by atoms with Crippen molar-refractivity contribution in [1.82, 2.24) is 9.97 Å². The molecule has 3 rings (SSSR count). The fraction of sp³-hybridized carbons (Fsp3) is 0.500. The Morgan fingerprint density at radius 2 is 1.18 bits per heavy atom. The first-order chi connectivity index (χ1) is 19.2. The molecule has 210 valence electrons. The fourth-order valence-corrected chi connectivity index (χ4v) is 4.52. The molecule has 0 aliphatic carbocycles. The second-order valence-electron chi connectivity index (χ2n) is 10.3. The highest BCUT2D eigenvalue weighted by atomic mass is 16.5. The molecule has 0 atom stereocenters. The van der Waals surface area contributed by atoms with Crippen molar-refractivity contribution in [2.75, 3.05) is 6.61 Å². The van der Waals surface area contributed by atoms with E-state index in [1.165, 1.54) is 82.6 Å². The summed E-state index contributed by atoms with van der Waals surface area (Å²) in [6.07, 6.45) is 21.4. The number of rotatable bonds is 19. The first kappa shape index (κ1) is 30.3. The van der Waals surface area contributed by atoms with Crippen LogP contribution in [0.5, 0.6) is 11.5 Å².